The molecule has 1 rings (SSSR count). The molecule has 0 aliphatic rings. The van der Waals surface area contributed by atoms with Crippen molar-refractivity contribution in [1.29, 1.82) is 0 Å². The smallest absolute Gasteiger partial charge is 0.420 e. The summed E-state index contributed by atoms with van der Waals surface area (Å²) < 4.78 is 36.6. The minimum atomic E-state index is -4.68. The number of nitrogens with zero attached hydrogens (tertiary/aromatic N) is 1. The summed E-state index contributed by atoms with van der Waals surface area (Å²) in [7, 11) is 0. The molecule has 0 atom stereocenters. The Morgan fingerprint density at radius 1 is 1.50 bits per heavy atom. The van der Waals surface area contributed by atoms with Crippen LogP contribution in [0.5, 0.6) is 5.75 Å². The summed E-state index contributed by atoms with van der Waals surface area (Å²) in [4.78, 5) is 14.1. The molecule has 0 aliphatic heterocycles. The predicted molar refractivity (Wildman–Crippen MR) is 40.9 cm³/mol. The van der Waals surface area contributed by atoms with E-state index in [0.29, 0.717) is 12.3 Å². The Morgan fingerprint density at radius 2 is 2.07 bits per heavy atom. The molecule has 6 heteroatoms. The van der Waals surface area contributed by atoms with Gasteiger partial charge in [-0.1, -0.05) is 0 Å². The molecule has 0 saturated carbocycles. The average molecular weight is 205 g/mol. The lowest BCUT2D eigenvalue weighted by molar-refractivity contribution is -0.138. The number of halogens is 3. The molecule has 0 radical (unpaired) electrons. The number of Topliss-reactive ketones (excluding diaryl/α,β-unsaturated/α-hetero) is 1. The number of pyridine rings is 1. The van der Waals surface area contributed by atoms with Crippen molar-refractivity contribution in [2.24, 2.45) is 0 Å². The van der Waals surface area contributed by atoms with E-state index in [2.05, 4.69) is 4.98 Å². The highest BCUT2D eigenvalue weighted by Gasteiger charge is 2.34. The molecule has 1 aromatic rings. The van der Waals surface area contributed by atoms with Crippen LogP contribution in [0.4, 0.5) is 13.2 Å². The van der Waals surface area contributed by atoms with Gasteiger partial charge in [0.2, 0.25) is 0 Å². The van der Waals surface area contributed by atoms with E-state index >= 15 is 0 Å². The van der Waals surface area contributed by atoms with Crippen molar-refractivity contribution < 1.29 is 23.1 Å². The lowest BCUT2D eigenvalue weighted by atomic mass is 10.1. The number of carbonyl (C=O) groups is 1. The lowest BCUT2D eigenvalue weighted by Gasteiger charge is -2.08. The van der Waals surface area contributed by atoms with Gasteiger partial charge in [-0.25, -0.2) is 4.98 Å². The van der Waals surface area contributed by atoms with Crippen LogP contribution >= 0.6 is 0 Å². The topological polar surface area (TPSA) is 50.2 Å². The number of hydrogen-bond acceptors (Lipinski definition) is 3. The number of hydrogen-bond donors (Lipinski definition) is 1. The molecule has 76 valence electrons. The molecule has 1 N–H and O–H groups in total. The maximum Gasteiger partial charge on any atom is 0.420 e. The zero-order chi connectivity index (χ0) is 10.9. The fourth-order valence-corrected chi connectivity index (χ4v) is 0.868. The molecule has 14 heavy (non-hydrogen) atoms. The van der Waals surface area contributed by atoms with E-state index in [4.69, 9.17) is 5.11 Å². The maximum absolute atomic E-state index is 12.2. The molecule has 0 spiro atoms. The van der Waals surface area contributed by atoms with Gasteiger partial charge in [-0.2, -0.15) is 13.2 Å². The first-order valence-electron chi connectivity index (χ1n) is 3.59. The summed E-state index contributed by atoms with van der Waals surface area (Å²) in [5.74, 6) is -1.57. The van der Waals surface area contributed by atoms with Gasteiger partial charge in [0, 0.05) is 6.92 Å². The molecular weight excluding hydrogens is 199 g/mol. The quantitative estimate of drug-likeness (QED) is 0.713. The first kappa shape index (κ1) is 10.5. The molecule has 0 aliphatic carbocycles. The zero-order valence-electron chi connectivity index (χ0n) is 7.09. The van der Waals surface area contributed by atoms with Crippen molar-refractivity contribution in [1.82, 2.24) is 4.98 Å². The third kappa shape index (κ3) is 2.01. The molecule has 0 bridgehead atoms. The van der Waals surface area contributed by atoms with Gasteiger partial charge in [0.15, 0.2) is 5.78 Å². The average Bonchev–Trinajstić information content (AvgIpc) is 2.02. The van der Waals surface area contributed by atoms with Gasteiger partial charge in [0.1, 0.15) is 17.0 Å². The third-order valence-electron chi connectivity index (χ3n) is 1.55. The van der Waals surface area contributed by atoms with Crippen LogP contribution in [-0.2, 0) is 6.18 Å². The Hall–Kier alpha value is -1.59. The Morgan fingerprint density at radius 3 is 2.50 bits per heavy atom. The van der Waals surface area contributed by atoms with Gasteiger partial charge in [-0.15, -0.1) is 0 Å². The largest absolute Gasteiger partial charge is 0.506 e. The minimum absolute atomic E-state index is 0.324. The Bertz CT molecular complexity index is 373. The lowest BCUT2D eigenvalue weighted by Crippen LogP contribution is -2.08. The van der Waals surface area contributed by atoms with E-state index in [1.54, 1.807) is 0 Å². The predicted octanol–water partition coefficient (Wildman–Crippen LogP) is 2.01. The van der Waals surface area contributed by atoms with E-state index in [-0.39, 0.29) is 5.69 Å². The summed E-state index contributed by atoms with van der Waals surface area (Å²) in [6.07, 6.45) is -4.07. The molecule has 0 saturated heterocycles. The van der Waals surface area contributed by atoms with Crippen molar-refractivity contribution >= 4 is 5.78 Å². The monoisotopic (exact) mass is 205 g/mol. The molecule has 1 heterocycles. The summed E-state index contributed by atoms with van der Waals surface area (Å²) in [5, 5.41) is 8.86. The summed E-state index contributed by atoms with van der Waals surface area (Å²) in [6, 6.07) is 0.525. The second-order valence-electron chi connectivity index (χ2n) is 2.64. The molecular formula is C8H6F3NO2. The molecule has 1 aromatic heterocycles. The molecule has 0 aromatic carbocycles. The summed E-state index contributed by atoms with van der Waals surface area (Å²) >= 11 is 0. The van der Waals surface area contributed by atoms with Gasteiger partial charge in [-0.05, 0) is 6.07 Å². The fourth-order valence-electron chi connectivity index (χ4n) is 0.868. The fraction of sp³-hybridized carbons (Fsp3) is 0.250. The van der Waals surface area contributed by atoms with Crippen molar-refractivity contribution in [3.63, 3.8) is 0 Å². The van der Waals surface area contributed by atoms with Crippen molar-refractivity contribution in [2.45, 2.75) is 13.1 Å². The van der Waals surface area contributed by atoms with Crippen LogP contribution in [0.15, 0.2) is 12.3 Å². The highest BCUT2D eigenvalue weighted by atomic mass is 19.4. The number of aromatic hydroxyl groups is 1. The molecule has 0 fully saturated rings. The number of ketones is 1. The van der Waals surface area contributed by atoms with Crippen molar-refractivity contribution in [2.75, 3.05) is 0 Å². The van der Waals surface area contributed by atoms with Crippen LogP contribution in [0.25, 0.3) is 0 Å². The van der Waals surface area contributed by atoms with Crippen LogP contribution in [0.2, 0.25) is 0 Å². The van der Waals surface area contributed by atoms with Crippen LogP contribution in [0.3, 0.4) is 0 Å². The third-order valence-corrected chi connectivity index (χ3v) is 1.55. The van der Waals surface area contributed by atoms with Crippen LogP contribution in [-0.4, -0.2) is 15.9 Å². The van der Waals surface area contributed by atoms with Crippen molar-refractivity contribution in [3.8, 4) is 5.75 Å². The Balaban J connectivity index is 3.29. The number of carbonyl (C=O) groups excluding carboxylic acids is 1. The van der Waals surface area contributed by atoms with Crippen LogP contribution in [0, 0.1) is 0 Å². The molecule has 3 nitrogen and oxygen atoms in total. The van der Waals surface area contributed by atoms with E-state index in [9.17, 15) is 18.0 Å². The normalized spacial score (nSPS) is 11.4. The second-order valence-corrected chi connectivity index (χ2v) is 2.64. The van der Waals surface area contributed by atoms with Gasteiger partial charge < -0.3 is 5.11 Å². The van der Waals surface area contributed by atoms with Crippen LogP contribution in [0.1, 0.15) is 23.0 Å². The number of aromatic nitrogens is 1. The molecule has 0 amide bonds. The van der Waals surface area contributed by atoms with E-state index in [1.165, 1.54) is 0 Å². The summed E-state index contributed by atoms with van der Waals surface area (Å²) in [5.41, 5.74) is -1.58. The number of rotatable bonds is 1. The zero-order valence-corrected chi connectivity index (χ0v) is 7.09. The number of alkyl halides is 3. The van der Waals surface area contributed by atoms with E-state index in [0.717, 1.165) is 6.92 Å². The second kappa shape index (κ2) is 3.28. The van der Waals surface area contributed by atoms with E-state index < -0.39 is 23.3 Å². The van der Waals surface area contributed by atoms with Gasteiger partial charge >= 0.3 is 6.18 Å². The Labute approximate surface area is 77.2 Å². The van der Waals surface area contributed by atoms with Gasteiger partial charge in [0.25, 0.3) is 0 Å². The highest BCUT2D eigenvalue weighted by molar-refractivity contribution is 5.92. The van der Waals surface area contributed by atoms with Crippen LogP contribution < -0.4 is 0 Å². The minimum Gasteiger partial charge on any atom is -0.506 e. The first-order chi connectivity index (χ1) is 6.32. The maximum atomic E-state index is 12.2. The van der Waals surface area contributed by atoms with Crippen molar-refractivity contribution in [3.05, 3.63) is 23.5 Å². The first-order valence-corrected chi connectivity index (χ1v) is 3.59. The highest BCUT2D eigenvalue weighted by Crippen LogP contribution is 2.35. The van der Waals surface area contributed by atoms with Gasteiger partial charge in [0.05, 0.1) is 6.20 Å². The van der Waals surface area contributed by atoms with Gasteiger partial charge in [-0.3, -0.25) is 4.79 Å². The summed E-state index contributed by atoms with van der Waals surface area (Å²) in [6.45, 7) is 1.10. The standard InChI is InChI=1S/C8H6F3NO2/c1-4(13)6-2-5(8(9,10)11)7(14)3-12-6/h2-3,14H,1H3. The van der Waals surface area contributed by atoms with E-state index in [1.807, 2.05) is 0 Å². The molecule has 0 unspecified atom stereocenters. The Kier molecular flexibility index (Phi) is 2.46. The SMILES string of the molecule is CC(=O)c1cc(C(F)(F)F)c(O)cn1.